The molecule has 0 aromatic heterocycles. The van der Waals surface area contributed by atoms with Gasteiger partial charge in [0.05, 0.1) is 13.2 Å². The minimum Gasteiger partial charge on any atom is -0.326 e. The Kier molecular flexibility index (Phi) is 6.70. The minimum absolute atomic E-state index is 0.154. The number of fused-ring (bicyclic) bond motifs is 1. The fraction of sp³-hybridized carbons (Fsp3) is 0.474. The van der Waals surface area contributed by atoms with E-state index in [2.05, 4.69) is 10.6 Å². The number of nitrogens with zero attached hydrogens (tertiary/aromatic N) is 1. The van der Waals surface area contributed by atoms with Gasteiger partial charge in [-0.3, -0.25) is 29.1 Å². The largest absolute Gasteiger partial charge is 0.340 e. The van der Waals surface area contributed by atoms with Crippen LogP contribution in [0.2, 0.25) is 0 Å². The van der Waals surface area contributed by atoms with Crippen LogP contribution in [0.1, 0.15) is 42.6 Å². The number of imide groups is 1. The van der Waals surface area contributed by atoms with Crippen LogP contribution in [0.25, 0.3) is 0 Å². The zero-order valence-electron chi connectivity index (χ0n) is 16.8. The van der Waals surface area contributed by atoms with Gasteiger partial charge in [-0.25, -0.2) is 0 Å². The van der Waals surface area contributed by atoms with Crippen molar-refractivity contribution in [3.05, 3.63) is 29.3 Å². The molecule has 0 bridgehead atoms. The third-order valence-corrected chi connectivity index (χ3v) is 6.77. The summed E-state index contributed by atoms with van der Waals surface area (Å²) in [6, 6.07) is 4.08. The summed E-state index contributed by atoms with van der Waals surface area (Å²) in [5.41, 5.74) is 1.52. The molecule has 0 radical (unpaired) electrons. The van der Waals surface area contributed by atoms with Gasteiger partial charge in [0, 0.05) is 24.2 Å². The zero-order valence-corrected chi connectivity index (χ0v) is 17.7. The van der Waals surface area contributed by atoms with Crippen molar-refractivity contribution in [3.63, 3.8) is 0 Å². The van der Waals surface area contributed by atoms with Crippen LogP contribution in [0.15, 0.2) is 18.2 Å². The van der Waals surface area contributed by atoms with Crippen LogP contribution in [0, 0.1) is 0 Å². The highest BCUT2D eigenvalue weighted by Crippen LogP contribution is 2.47. The molecule has 2 aliphatic heterocycles. The van der Waals surface area contributed by atoms with Gasteiger partial charge in [0.2, 0.25) is 17.7 Å². The van der Waals surface area contributed by atoms with Gasteiger partial charge in [0.25, 0.3) is 5.91 Å². The van der Waals surface area contributed by atoms with E-state index in [0.29, 0.717) is 16.8 Å². The first-order valence-electron chi connectivity index (χ1n) is 9.72. The molecule has 1 atom stereocenters. The van der Waals surface area contributed by atoms with Crippen LogP contribution in [0.4, 0.5) is 5.69 Å². The van der Waals surface area contributed by atoms with E-state index in [1.54, 1.807) is 32.0 Å². The maximum atomic E-state index is 12.7. The lowest BCUT2D eigenvalue weighted by Gasteiger charge is -2.29. The van der Waals surface area contributed by atoms with Crippen molar-refractivity contribution in [2.45, 2.75) is 39.3 Å². The van der Waals surface area contributed by atoms with Gasteiger partial charge in [-0.1, -0.05) is 0 Å². The predicted octanol–water partition coefficient (Wildman–Crippen LogP) is 1.65. The van der Waals surface area contributed by atoms with E-state index in [4.69, 9.17) is 9.05 Å². The number of carbonyl (C=O) groups excluding carboxylic acids is 4. The molecule has 11 heteroatoms. The van der Waals surface area contributed by atoms with Crippen LogP contribution < -0.4 is 10.6 Å². The molecule has 4 amide bonds. The molecular weight excluding hydrogens is 413 g/mol. The van der Waals surface area contributed by atoms with Gasteiger partial charge in [-0.2, -0.15) is 0 Å². The Morgan fingerprint density at radius 3 is 2.57 bits per heavy atom. The second-order valence-corrected chi connectivity index (χ2v) is 8.98. The molecule has 1 aromatic rings. The molecule has 1 saturated heterocycles. The van der Waals surface area contributed by atoms with Gasteiger partial charge in [-0.05, 0) is 44.0 Å². The molecule has 10 nitrogen and oxygen atoms in total. The third-order valence-electron chi connectivity index (χ3n) is 4.80. The number of nitrogens with one attached hydrogen (secondary N) is 2. The maximum Gasteiger partial charge on any atom is 0.340 e. The summed E-state index contributed by atoms with van der Waals surface area (Å²) >= 11 is 0. The first-order valence-corrected chi connectivity index (χ1v) is 11.4. The Morgan fingerprint density at radius 2 is 1.93 bits per heavy atom. The number of amides is 4. The molecule has 1 fully saturated rings. The van der Waals surface area contributed by atoms with Crippen molar-refractivity contribution < 1.29 is 32.8 Å². The Morgan fingerprint density at radius 1 is 1.23 bits per heavy atom. The normalized spacial score (nSPS) is 18.9. The molecule has 2 aliphatic rings. The van der Waals surface area contributed by atoms with Gasteiger partial charge < -0.3 is 19.3 Å². The van der Waals surface area contributed by atoms with Crippen LogP contribution in [-0.4, -0.2) is 53.9 Å². The van der Waals surface area contributed by atoms with Crippen molar-refractivity contribution in [3.8, 4) is 0 Å². The highest BCUT2D eigenvalue weighted by molar-refractivity contribution is 7.54. The summed E-state index contributed by atoms with van der Waals surface area (Å²) in [5.74, 6) is -1.66. The number of carbonyl (C=O) groups is 4. The average Bonchev–Trinajstić information content (AvgIpc) is 2.97. The summed E-state index contributed by atoms with van der Waals surface area (Å²) in [5, 5.41) is 4.90. The van der Waals surface area contributed by atoms with Crippen molar-refractivity contribution >= 4 is 36.9 Å². The topological polar surface area (TPSA) is 131 Å². The summed E-state index contributed by atoms with van der Waals surface area (Å²) in [6.07, 6.45) is 0.0305. The molecule has 0 spiro atoms. The van der Waals surface area contributed by atoms with Crippen molar-refractivity contribution in [1.29, 1.82) is 0 Å². The Labute approximate surface area is 173 Å². The Bertz CT molecular complexity index is 923. The van der Waals surface area contributed by atoms with Gasteiger partial charge in [0.15, 0.2) is 0 Å². The minimum atomic E-state index is -3.53. The van der Waals surface area contributed by atoms with Gasteiger partial charge in [-0.15, -0.1) is 0 Å². The fourth-order valence-electron chi connectivity index (χ4n) is 3.55. The Balaban J connectivity index is 1.69. The summed E-state index contributed by atoms with van der Waals surface area (Å²) in [6.45, 7) is 3.83. The van der Waals surface area contributed by atoms with E-state index in [1.807, 2.05) is 0 Å². The van der Waals surface area contributed by atoms with Crippen molar-refractivity contribution in [2.75, 3.05) is 24.7 Å². The lowest BCUT2D eigenvalue weighted by molar-refractivity contribution is -0.137. The van der Waals surface area contributed by atoms with E-state index >= 15 is 0 Å². The first-order chi connectivity index (χ1) is 14.3. The predicted molar refractivity (Wildman–Crippen MR) is 107 cm³/mol. The molecule has 2 N–H and O–H groups in total. The first kappa shape index (κ1) is 22.1. The zero-order chi connectivity index (χ0) is 21.9. The van der Waals surface area contributed by atoms with Crippen LogP contribution in [0.3, 0.4) is 0 Å². The van der Waals surface area contributed by atoms with E-state index in [1.165, 1.54) is 4.90 Å². The quantitative estimate of drug-likeness (QED) is 0.467. The molecule has 2 heterocycles. The van der Waals surface area contributed by atoms with E-state index in [-0.39, 0.29) is 44.4 Å². The number of piperidine rings is 1. The maximum absolute atomic E-state index is 12.7. The summed E-state index contributed by atoms with van der Waals surface area (Å²) in [4.78, 5) is 49.9. The fourth-order valence-corrected chi connectivity index (χ4v) is 5.03. The lowest BCUT2D eigenvalue weighted by atomic mass is 10.0. The summed E-state index contributed by atoms with van der Waals surface area (Å²) in [7, 11) is -3.53. The lowest BCUT2D eigenvalue weighted by Crippen LogP contribution is -2.52. The second-order valence-electron chi connectivity index (χ2n) is 6.92. The molecule has 1 aromatic carbocycles. The second kappa shape index (κ2) is 9.07. The van der Waals surface area contributed by atoms with Crippen molar-refractivity contribution in [1.82, 2.24) is 10.2 Å². The standard InChI is InChI=1S/C19H24N3O7P/c1-3-28-30(27,29-4-2)11-17(24)20-13-5-6-14-12(9-13)10-22(19(14)26)15-7-8-16(23)21-18(15)25/h5-6,9,15H,3-4,7-8,10-11H2,1-2H3,(H,20,24)(H,21,23,25). The number of hydrogen-bond acceptors (Lipinski definition) is 7. The number of rotatable bonds is 8. The van der Waals surface area contributed by atoms with E-state index in [0.717, 1.165) is 0 Å². The highest BCUT2D eigenvalue weighted by atomic mass is 31.2. The molecular formula is C19H24N3O7P. The molecule has 0 aliphatic carbocycles. The number of anilines is 1. The monoisotopic (exact) mass is 437 g/mol. The molecule has 1 unspecified atom stereocenters. The molecule has 0 saturated carbocycles. The third kappa shape index (κ3) is 4.77. The number of benzene rings is 1. The molecule has 162 valence electrons. The van der Waals surface area contributed by atoms with Gasteiger partial charge in [0.1, 0.15) is 12.2 Å². The van der Waals surface area contributed by atoms with E-state index in [9.17, 15) is 23.7 Å². The molecule has 30 heavy (non-hydrogen) atoms. The summed E-state index contributed by atoms with van der Waals surface area (Å²) < 4.78 is 22.7. The van der Waals surface area contributed by atoms with Crippen molar-refractivity contribution in [2.24, 2.45) is 0 Å². The van der Waals surface area contributed by atoms with E-state index < -0.39 is 31.6 Å². The van der Waals surface area contributed by atoms with Crippen LogP contribution in [-0.2, 0) is 34.5 Å². The molecule has 3 rings (SSSR count). The average molecular weight is 437 g/mol. The van der Waals surface area contributed by atoms with Crippen LogP contribution in [0.5, 0.6) is 0 Å². The number of hydrogen-bond donors (Lipinski definition) is 2. The smallest absolute Gasteiger partial charge is 0.326 e. The van der Waals surface area contributed by atoms with Crippen LogP contribution >= 0.6 is 7.60 Å². The highest BCUT2D eigenvalue weighted by Gasteiger charge is 2.39. The Hall–Kier alpha value is -2.55. The SMILES string of the molecule is CCOP(=O)(CC(=O)Nc1ccc2c(c1)CN(C1CCC(=O)NC1=O)C2=O)OCC. The van der Waals surface area contributed by atoms with Gasteiger partial charge >= 0.3 is 7.60 Å².